The van der Waals surface area contributed by atoms with Gasteiger partial charge in [-0.15, -0.1) is 0 Å². The number of carbonyl (C=O) groups excluding carboxylic acids is 1. The number of benzene rings is 1. The van der Waals surface area contributed by atoms with Gasteiger partial charge < -0.3 is 24.0 Å². The Balaban J connectivity index is 1.60. The molecule has 4 rings (SSSR count). The van der Waals surface area contributed by atoms with Crippen LogP contribution in [0.4, 0.5) is 16.3 Å². The molecule has 1 aromatic carbocycles. The number of hydrogen-bond donors (Lipinski definition) is 0. The maximum absolute atomic E-state index is 12.5. The largest absolute Gasteiger partial charge is 0.497 e. The Hall–Kier alpha value is -4.39. The Morgan fingerprint density at radius 1 is 1.03 bits per heavy atom. The maximum Gasteiger partial charge on any atom is 0.410 e. The number of hydrogen-bond acceptors (Lipinski definition) is 8. The van der Waals surface area contributed by atoms with Crippen molar-refractivity contribution >= 4 is 17.6 Å². The molecular weight excluding hydrogens is 460 g/mol. The van der Waals surface area contributed by atoms with Crippen LogP contribution in [-0.4, -0.2) is 64.8 Å². The van der Waals surface area contributed by atoms with Crippen molar-refractivity contribution < 1.29 is 19.0 Å². The van der Waals surface area contributed by atoms with Crippen molar-refractivity contribution in [2.45, 2.75) is 26.4 Å². The first-order valence-corrected chi connectivity index (χ1v) is 11.5. The van der Waals surface area contributed by atoms with E-state index in [2.05, 4.69) is 14.8 Å². The molecular formula is C26H28N6O4. The molecule has 0 N–H and O–H groups in total. The van der Waals surface area contributed by atoms with Gasteiger partial charge in [0.25, 0.3) is 5.88 Å². The number of ether oxygens (including phenoxy) is 3. The summed E-state index contributed by atoms with van der Waals surface area (Å²) in [6.07, 6.45) is 4.44. The van der Waals surface area contributed by atoms with Gasteiger partial charge in [-0.3, -0.25) is 4.98 Å². The summed E-state index contributed by atoms with van der Waals surface area (Å²) in [7, 11) is 1.60. The standard InChI is InChI=1S/C26H28N6O4/c1-26(2,3)36-25(33)32-12-10-31(11-13-32)23-24(35-21-8-6-20(34-5)7-9-21)30-22(17-29-23)18-14-19(27-4)16-28-15-18/h6-9,14-17H,10-13H2,1-3,5H3. The summed E-state index contributed by atoms with van der Waals surface area (Å²) in [4.78, 5) is 33.2. The SMILES string of the molecule is [C-]#[N+]c1cncc(-c2cnc(N3CCN(C(=O)OC(C)(C)C)CC3)c(Oc3ccc(OC)cc3)n2)c1. The minimum atomic E-state index is -0.547. The van der Waals surface area contributed by atoms with Gasteiger partial charge in [-0.25, -0.2) is 19.6 Å². The Bertz CT molecular complexity index is 1260. The molecule has 2 aromatic heterocycles. The summed E-state index contributed by atoms with van der Waals surface area (Å²) >= 11 is 0. The normalized spacial score (nSPS) is 13.6. The Labute approximate surface area is 210 Å². The molecule has 0 spiro atoms. The second-order valence-corrected chi connectivity index (χ2v) is 9.16. The van der Waals surface area contributed by atoms with Crippen LogP contribution in [-0.2, 0) is 4.74 Å². The van der Waals surface area contributed by atoms with Gasteiger partial charge in [-0.1, -0.05) is 0 Å². The van der Waals surface area contributed by atoms with E-state index >= 15 is 0 Å². The summed E-state index contributed by atoms with van der Waals surface area (Å²) in [5, 5.41) is 0. The number of piperazine rings is 1. The number of anilines is 1. The van der Waals surface area contributed by atoms with Crippen molar-refractivity contribution in [2.75, 3.05) is 38.2 Å². The molecule has 1 aliphatic rings. The number of amides is 1. The molecule has 0 saturated carbocycles. The Morgan fingerprint density at radius 3 is 2.36 bits per heavy atom. The zero-order chi connectivity index (χ0) is 25.7. The molecule has 0 atom stereocenters. The molecule has 10 nitrogen and oxygen atoms in total. The highest BCUT2D eigenvalue weighted by atomic mass is 16.6. The fourth-order valence-corrected chi connectivity index (χ4v) is 3.60. The molecule has 10 heteroatoms. The molecule has 186 valence electrons. The van der Waals surface area contributed by atoms with Crippen molar-refractivity contribution in [2.24, 2.45) is 0 Å². The molecule has 0 unspecified atom stereocenters. The number of nitrogens with zero attached hydrogens (tertiary/aromatic N) is 6. The summed E-state index contributed by atoms with van der Waals surface area (Å²) in [5.41, 5.74) is 1.06. The van der Waals surface area contributed by atoms with Crippen LogP contribution in [0, 0.1) is 6.57 Å². The first kappa shape index (κ1) is 24.7. The second-order valence-electron chi connectivity index (χ2n) is 9.16. The van der Waals surface area contributed by atoms with Crippen molar-refractivity contribution in [1.82, 2.24) is 19.9 Å². The van der Waals surface area contributed by atoms with E-state index in [-0.39, 0.29) is 6.09 Å². The fraction of sp³-hybridized carbons (Fsp3) is 0.346. The van der Waals surface area contributed by atoms with E-state index in [0.29, 0.717) is 66.3 Å². The Morgan fingerprint density at radius 2 is 1.72 bits per heavy atom. The van der Waals surface area contributed by atoms with Crippen LogP contribution in [0.3, 0.4) is 0 Å². The van der Waals surface area contributed by atoms with Crippen LogP contribution < -0.4 is 14.4 Å². The third-order valence-electron chi connectivity index (χ3n) is 5.38. The number of aromatic nitrogens is 3. The number of carbonyl (C=O) groups is 1. The van der Waals surface area contributed by atoms with Crippen LogP contribution in [0.1, 0.15) is 20.8 Å². The van der Waals surface area contributed by atoms with E-state index in [0.717, 1.165) is 0 Å². The lowest BCUT2D eigenvalue weighted by atomic mass is 10.2. The minimum Gasteiger partial charge on any atom is -0.497 e. The van der Waals surface area contributed by atoms with Crippen LogP contribution in [0.2, 0.25) is 0 Å². The van der Waals surface area contributed by atoms with Gasteiger partial charge in [-0.05, 0) is 51.1 Å². The van der Waals surface area contributed by atoms with E-state index in [1.54, 1.807) is 54.7 Å². The van der Waals surface area contributed by atoms with Crippen LogP contribution in [0.5, 0.6) is 17.4 Å². The zero-order valence-corrected chi connectivity index (χ0v) is 20.8. The summed E-state index contributed by atoms with van der Waals surface area (Å²) in [6, 6.07) is 8.89. The highest BCUT2D eigenvalue weighted by Gasteiger charge is 2.28. The van der Waals surface area contributed by atoms with E-state index in [4.69, 9.17) is 25.8 Å². The molecule has 0 radical (unpaired) electrons. The maximum atomic E-state index is 12.5. The van der Waals surface area contributed by atoms with Gasteiger partial charge in [-0.2, -0.15) is 0 Å². The highest BCUT2D eigenvalue weighted by Crippen LogP contribution is 2.33. The lowest BCUT2D eigenvalue weighted by Gasteiger charge is -2.36. The molecule has 0 aliphatic carbocycles. The predicted octanol–water partition coefficient (Wildman–Crippen LogP) is 4.95. The van der Waals surface area contributed by atoms with Crippen LogP contribution >= 0.6 is 0 Å². The van der Waals surface area contributed by atoms with Gasteiger partial charge in [0.05, 0.1) is 25.6 Å². The van der Waals surface area contributed by atoms with Gasteiger partial charge in [0.2, 0.25) is 5.69 Å². The Kier molecular flexibility index (Phi) is 7.20. The molecule has 0 bridgehead atoms. The van der Waals surface area contributed by atoms with E-state index in [9.17, 15) is 4.79 Å². The van der Waals surface area contributed by atoms with E-state index in [1.165, 1.54) is 6.20 Å². The summed E-state index contributed by atoms with van der Waals surface area (Å²) in [6.45, 7) is 14.9. The van der Waals surface area contributed by atoms with Gasteiger partial charge >= 0.3 is 6.09 Å². The fourth-order valence-electron chi connectivity index (χ4n) is 3.60. The van der Waals surface area contributed by atoms with Gasteiger partial charge in [0.15, 0.2) is 5.82 Å². The predicted molar refractivity (Wildman–Crippen MR) is 135 cm³/mol. The molecule has 1 amide bonds. The number of methoxy groups -OCH3 is 1. The van der Waals surface area contributed by atoms with Crippen molar-refractivity contribution in [1.29, 1.82) is 0 Å². The molecule has 3 heterocycles. The molecule has 36 heavy (non-hydrogen) atoms. The second kappa shape index (κ2) is 10.5. The molecule has 1 saturated heterocycles. The minimum absolute atomic E-state index is 0.316. The quantitative estimate of drug-likeness (QED) is 0.466. The molecule has 3 aromatic rings. The third kappa shape index (κ3) is 5.99. The molecule has 1 aliphatic heterocycles. The average Bonchev–Trinajstić information content (AvgIpc) is 2.88. The average molecular weight is 489 g/mol. The van der Waals surface area contributed by atoms with Crippen LogP contribution in [0.15, 0.2) is 48.9 Å². The van der Waals surface area contributed by atoms with Crippen molar-refractivity contribution in [3.05, 3.63) is 60.3 Å². The third-order valence-corrected chi connectivity index (χ3v) is 5.38. The molecule has 1 fully saturated rings. The van der Waals surface area contributed by atoms with E-state index < -0.39 is 5.60 Å². The monoisotopic (exact) mass is 488 g/mol. The first-order valence-electron chi connectivity index (χ1n) is 11.5. The van der Waals surface area contributed by atoms with Crippen molar-refractivity contribution in [3.8, 4) is 28.6 Å². The van der Waals surface area contributed by atoms with E-state index in [1.807, 2.05) is 25.7 Å². The number of pyridine rings is 1. The lowest BCUT2D eigenvalue weighted by molar-refractivity contribution is 0.0240. The topological polar surface area (TPSA) is 94.3 Å². The summed E-state index contributed by atoms with van der Waals surface area (Å²) < 4.78 is 16.9. The lowest BCUT2D eigenvalue weighted by Crippen LogP contribution is -2.50. The van der Waals surface area contributed by atoms with Crippen LogP contribution in [0.25, 0.3) is 16.1 Å². The summed E-state index contributed by atoms with van der Waals surface area (Å²) in [5.74, 6) is 2.16. The van der Waals surface area contributed by atoms with Crippen molar-refractivity contribution in [3.63, 3.8) is 0 Å². The smallest absolute Gasteiger partial charge is 0.410 e. The van der Waals surface area contributed by atoms with Gasteiger partial charge in [0.1, 0.15) is 17.1 Å². The highest BCUT2D eigenvalue weighted by molar-refractivity contribution is 5.69. The number of rotatable bonds is 5. The van der Waals surface area contributed by atoms with Gasteiger partial charge in [0, 0.05) is 44.1 Å². The first-order chi connectivity index (χ1) is 17.3. The zero-order valence-electron chi connectivity index (χ0n) is 20.8.